The molecule has 180 valence electrons. The summed E-state index contributed by atoms with van der Waals surface area (Å²) >= 11 is 0. The zero-order valence-electron chi connectivity index (χ0n) is 18.8. The van der Waals surface area contributed by atoms with E-state index in [1.165, 1.54) is 0 Å². The van der Waals surface area contributed by atoms with Crippen LogP contribution in [-0.2, 0) is 30.0 Å². The topological polar surface area (TPSA) is 151 Å². The van der Waals surface area contributed by atoms with Crippen LogP contribution in [0.4, 0.5) is 4.79 Å². The predicted octanol–water partition coefficient (Wildman–Crippen LogP) is 3.10. The maximum atomic E-state index is 12.6. The van der Waals surface area contributed by atoms with Gasteiger partial charge in [0.15, 0.2) is 0 Å². The Bertz CT molecular complexity index is 800. The fraction of sp³-hybridized carbons (Fsp3) is 0.571. The SMILES string of the molecule is CC(C)C[C@H](NC(=O)[C@H](CC(C)C)OP(=O)(O)CNC(=O)OCc1ccccc1)C(=O)O. The fourth-order valence-electron chi connectivity index (χ4n) is 2.76. The lowest BCUT2D eigenvalue weighted by Crippen LogP contribution is -2.47. The Balaban J connectivity index is 2.68. The molecule has 1 aromatic rings. The van der Waals surface area contributed by atoms with Gasteiger partial charge in [0, 0.05) is 0 Å². The number of carbonyl (C=O) groups is 3. The summed E-state index contributed by atoms with van der Waals surface area (Å²) in [6.45, 7) is 7.18. The summed E-state index contributed by atoms with van der Waals surface area (Å²) in [6, 6.07) is 7.74. The average Bonchev–Trinajstić information content (AvgIpc) is 2.69. The van der Waals surface area contributed by atoms with Gasteiger partial charge in [-0.3, -0.25) is 13.9 Å². The van der Waals surface area contributed by atoms with Gasteiger partial charge in [-0.05, 0) is 30.2 Å². The highest BCUT2D eigenvalue weighted by atomic mass is 31.2. The van der Waals surface area contributed by atoms with Crippen LogP contribution < -0.4 is 10.6 Å². The van der Waals surface area contributed by atoms with E-state index < -0.39 is 44.0 Å². The molecule has 0 heterocycles. The van der Waals surface area contributed by atoms with Crippen molar-refractivity contribution in [3.63, 3.8) is 0 Å². The van der Waals surface area contributed by atoms with Gasteiger partial charge in [0.2, 0.25) is 5.91 Å². The molecule has 0 fully saturated rings. The van der Waals surface area contributed by atoms with Gasteiger partial charge in [0.1, 0.15) is 25.0 Å². The molecule has 0 spiro atoms. The first-order chi connectivity index (χ1) is 14.9. The Morgan fingerprint density at radius 3 is 2.16 bits per heavy atom. The van der Waals surface area contributed by atoms with E-state index >= 15 is 0 Å². The molecule has 0 radical (unpaired) electrons. The molecule has 2 amide bonds. The molecule has 10 nitrogen and oxygen atoms in total. The van der Waals surface area contributed by atoms with Crippen LogP contribution in [0.1, 0.15) is 46.1 Å². The van der Waals surface area contributed by atoms with Crippen LogP contribution in [0, 0.1) is 11.8 Å². The van der Waals surface area contributed by atoms with Crippen molar-refractivity contribution >= 4 is 25.6 Å². The van der Waals surface area contributed by atoms with Crippen LogP contribution in [0.5, 0.6) is 0 Å². The summed E-state index contributed by atoms with van der Waals surface area (Å²) in [7, 11) is -4.42. The van der Waals surface area contributed by atoms with E-state index in [0.29, 0.717) is 0 Å². The molecule has 0 aliphatic carbocycles. The van der Waals surface area contributed by atoms with Crippen molar-refractivity contribution in [3.8, 4) is 0 Å². The third kappa shape index (κ3) is 11.3. The molecule has 1 unspecified atom stereocenters. The number of carboxylic acids is 1. The number of amides is 2. The normalized spacial score (nSPS) is 15.0. The third-order valence-electron chi connectivity index (χ3n) is 4.23. The number of carbonyl (C=O) groups excluding carboxylic acids is 2. The van der Waals surface area contributed by atoms with Crippen molar-refractivity contribution in [2.75, 3.05) is 6.29 Å². The van der Waals surface area contributed by atoms with Gasteiger partial charge >= 0.3 is 19.7 Å². The minimum absolute atomic E-state index is 0.0101. The van der Waals surface area contributed by atoms with Crippen LogP contribution in [-0.4, -0.2) is 46.4 Å². The number of hydrogen-bond acceptors (Lipinski definition) is 6. The summed E-state index contributed by atoms with van der Waals surface area (Å²) in [5, 5.41) is 13.8. The Hall–Kier alpha value is -2.42. The number of carboxylic acid groups (broad SMARTS) is 1. The Kier molecular flexibility index (Phi) is 11.4. The highest BCUT2D eigenvalue weighted by molar-refractivity contribution is 7.52. The largest absolute Gasteiger partial charge is 0.480 e. The maximum absolute atomic E-state index is 12.6. The first-order valence-corrected chi connectivity index (χ1v) is 12.1. The number of benzene rings is 1. The quantitative estimate of drug-likeness (QED) is 0.320. The highest BCUT2D eigenvalue weighted by Crippen LogP contribution is 2.43. The first-order valence-electron chi connectivity index (χ1n) is 10.4. The molecule has 0 saturated heterocycles. The number of nitrogens with one attached hydrogen (secondary N) is 2. The van der Waals surface area contributed by atoms with E-state index in [9.17, 15) is 28.9 Å². The molecule has 1 aromatic carbocycles. The molecule has 32 heavy (non-hydrogen) atoms. The minimum atomic E-state index is -4.42. The molecule has 0 saturated carbocycles. The average molecular weight is 472 g/mol. The lowest BCUT2D eigenvalue weighted by Gasteiger charge is -2.24. The zero-order chi connectivity index (χ0) is 24.3. The van der Waals surface area contributed by atoms with Gasteiger partial charge in [-0.15, -0.1) is 0 Å². The summed E-state index contributed by atoms with van der Waals surface area (Å²) in [4.78, 5) is 46.0. The van der Waals surface area contributed by atoms with Crippen molar-refractivity contribution in [2.45, 2.75) is 59.3 Å². The van der Waals surface area contributed by atoms with Gasteiger partial charge < -0.3 is 25.4 Å². The highest BCUT2D eigenvalue weighted by Gasteiger charge is 2.33. The van der Waals surface area contributed by atoms with Crippen LogP contribution in [0.25, 0.3) is 0 Å². The molecule has 0 bridgehead atoms. The van der Waals surface area contributed by atoms with E-state index in [4.69, 9.17) is 9.26 Å². The molecule has 1 rings (SSSR count). The molecular formula is C21H33N2O8P. The van der Waals surface area contributed by atoms with Gasteiger partial charge in [-0.25, -0.2) is 9.59 Å². The third-order valence-corrected chi connectivity index (χ3v) is 5.37. The van der Waals surface area contributed by atoms with Crippen LogP contribution in [0.15, 0.2) is 30.3 Å². The molecule has 4 N–H and O–H groups in total. The summed E-state index contributed by atoms with van der Waals surface area (Å²) < 4.78 is 22.6. The maximum Gasteiger partial charge on any atom is 0.408 e. The number of hydrogen-bond donors (Lipinski definition) is 4. The van der Waals surface area contributed by atoms with Crippen LogP contribution >= 0.6 is 7.60 Å². The van der Waals surface area contributed by atoms with E-state index in [2.05, 4.69) is 10.6 Å². The van der Waals surface area contributed by atoms with Crippen molar-refractivity contribution in [3.05, 3.63) is 35.9 Å². The van der Waals surface area contributed by atoms with E-state index in [0.717, 1.165) is 5.56 Å². The predicted molar refractivity (Wildman–Crippen MR) is 118 cm³/mol. The van der Waals surface area contributed by atoms with Gasteiger partial charge in [-0.2, -0.15) is 0 Å². The van der Waals surface area contributed by atoms with E-state index in [1.54, 1.807) is 38.1 Å². The number of rotatable bonds is 13. The second-order valence-electron chi connectivity index (χ2n) is 8.29. The molecule has 0 aromatic heterocycles. The lowest BCUT2D eigenvalue weighted by atomic mass is 10.0. The molecule has 0 aliphatic heterocycles. The molecule has 3 atom stereocenters. The summed E-state index contributed by atoms with van der Waals surface area (Å²) in [5.41, 5.74) is 0.745. The summed E-state index contributed by atoms with van der Waals surface area (Å²) in [5.74, 6) is -2.07. The molecule has 0 aliphatic rings. The van der Waals surface area contributed by atoms with E-state index in [1.807, 2.05) is 19.9 Å². The first kappa shape index (κ1) is 27.6. The Labute approximate surface area is 188 Å². The van der Waals surface area contributed by atoms with Crippen molar-refractivity contribution in [1.82, 2.24) is 10.6 Å². The molecular weight excluding hydrogens is 439 g/mol. The van der Waals surface area contributed by atoms with Crippen LogP contribution in [0.3, 0.4) is 0 Å². The second kappa shape index (κ2) is 13.2. The van der Waals surface area contributed by atoms with Crippen molar-refractivity contribution in [1.29, 1.82) is 0 Å². The second-order valence-corrected chi connectivity index (χ2v) is 10.1. The standard InChI is InChI=1S/C21H33N2O8P/c1-14(2)10-17(20(25)26)23-19(24)18(11-15(3)4)31-32(28,29)13-22-21(27)30-12-16-8-6-5-7-9-16/h5-9,14-15,17-18H,10-13H2,1-4H3,(H,22,27)(H,23,24)(H,25,26)(H,28,29)/t17-,18-/m0/s1. The monoisotopic (exact) mass is 472 g/mol. The van der Waals surface area contributed by atoms with Crippen molar-refractivity contribution < 1.29 is 38.2 Å². The van der Waals surface area contributed by atoms with Gasteiger partial charge in [-0.1, -0.05) is 58.0 Å². The minimum Gasteiger partial charge on any atom is -0.480 e. The fourth-order valence-corrected chi connectivity index (χ4v) is 3.74. The molecule has 11 heteroatoms. The summed E-state index contributed by atoms with van der Waals surface area (Å²) in [6.07, 6.45) is -2.76. The van der Waals surface area contributed by atoms with Gasteiger partial charge in [0.25, 0.3) is 0 Å². The van der Waals surface area contributed by atoms with Crippen LogP contribution in [0.2, 0.25) is 0 Å². The number of alkyl carbamates (subject to hydrolysis) is 1. The zero-order valence-corrected chi connectivity index (χ0v) is 19.7. The number of aliphatic carboxylic acids is 1. The lowest BCUT2D eigenvalue weighted by molar-refractivity contribution is -0.143. The Morgan fingerprint density at radius 1 is 1.03 bits per heavy atom. The smallest absolute Gasteiger partial charge is 0.408 e. The van der Waals surface area contributed by atoms with Gasteiger partial charge in [0.05, 0.1) is 0 Å². The van der Waals surface area contributed by atoms with Crippen molar-refractivity contribution in [2.24, 2.45) is 11.8 Å². The Morgan fingerprint density at radius 2 is 1.62 bits per heavy atom. The van der Waals surface area contributed by atoms with E-state index in [-0.39, 0.29) is 31.3 Å². The number of ether oxygens (including phenoxy) is 1.